The first-order chi connectivity index (χ1) is 15.1. The molecule has 1 atom stereocenters. The van der Waals surface area contributed by atoms with Crippen molar-refractivity contribution in [2.75, 3.05) is 24.2 Å². The van der Waals surface area contributed by atoms with E-state index in [1.165, 1.54) is 6.92 Å². The fraction of sp³-hybridized carbons (Fsp3) is 0.292. The molecule has 2 aliphatic heterocycles. The van der Waals surface area contributed by atoms with Crippen molar-refractivity contribution in [3.63, 3.8) is 0 Å². The maximum Gasteiger partial charge on any atom is 0.338 e. The number of aliphatic imine (C=N–C) groups is 1. The van der Waals surface area contributed by atoms with Crippen LogP contribution in [0.15, 0.2) is 65.2 Å². The molecule has 6 nitrogen and oxygen atoms in total. The van der Waals surface area contributed by atoms with Gasteiger partial charge in [0.15, 0.2) is 5.17 Å². The Kier molecular flexibility index (Phi) is 6.42. The summed E-state index contributed by atoms with van der Waals surface area (Å²) in [7, 11) is 0. The molecule has 1 N–H and O–H groups in total. The summed E-state index contributed by atoms with van der Waals surface area (Å²) in [6.45, 7) is 4.40. The van der Waals surface area contributed by atoms with Gasteiger partial charge in [0, 0.05) is 30.5 Å². The quantitative estimate of drug-likeness (QED) is 0.702. The molecule has 2 aromatic carbocycles. The SMILES string of the molecule is CCOC(=O)C1=C(c2ccccc2)N=C2SCCCN2C1c1ccc(NC(C)=O)cc1. The van der Waals surface area contributed by atoms with Crippen LogP contribution in [0.25, 0.3) is 5.70 Å². The molecule has 1 fully saturated rings. The fourth-order valence-electron chi connectivity index (χ4n) is 3.89. The third-order valence-electron chi connectivity index (χ3n) is 5.16. The molecule has 1 saturated heterocycles. The van der Waals surface area contributed by atoms with Crippen LogP contribution < -0.4 is 5.32 Å². The van der Waals surface area contributed by atoms with Crippen LogP contribution in [-0.4, -0.2) is 40.8 Å². The molecule has 7 heteroatoms. The Morgan fingerprint density at radius 2 is 1.90 bits per heavy atom. The highest BCUT2D eigenvalue weighted by Gasteiger charge is 2.39. The van der Waals surface area contributed by atoms with E-state index >= 15 is 0 Å². The molecular formula is C24H25N3O3S. The maximum atomic E-state index is 13.2. The standard InChI is InChI=1S/C24H25N3O3S/c1-3-30-23(29)20-21(17-8-5-4-6-9-17)26-24-27(14-7-15-31-24)22(20)18-10-12-19(13-11-18)25-16(2)28/h4-6,8-13,22H,3,7,14-15H2,1-2H3,(H,25,28). The van der Waals surface area contributed by atoms with Crippen LogP contribution in [0.3, 0.4) is 0 Å². The summed E-state index contributed by atoms with van der Waals surface area (Å²) in [6, 6.07) is 17.1. The number of benzene rings is 2. The van der Waals surface area contributed by atoms with Crippen LogP contribution in [-0.2, 0) is 14.3 Å². The van der Waals surface area contributed by atoms with Gasteiger partial charge in [0.1, 0.15) is 0 Å². The van der Waals surface area contributed by atoms with Crippen LogP contribution in [0.1, 0.15) is 37.4 Å². The lowest BCUT2D eigenvalue weighted by Crippen LogP contribution is -2.42. The maximum absolute atomic E-state index is 13.2. The number of nitrogens with one attached hydrogen (secondary N) is 1. The van der Waals surface area contributed by atoms with E-state index in [0.29, 0.717) is 17.9 Å². The van der Waals surface area contributed by atoms with Crippen molar-refractivity contribution >= 4 is 40.2 Å². The van der Waals surface area contributed by atoms with Gasteiger partial charge in [-0.15, -0.1) is 0 Å². The third kappa shape index (κ3) is 4.51. The van der Waals surface area contributed by atoms with Gasteiger partial charge in [0.05, 0.1) is 23.9 Å². The number of rotatable bonds is 5. The molecule has 0 bridgehead atoms. The molecule has 1 unspecified atom stereocenters. The second-order valence-corrected chi connectivity index (χ2v) is 8.41. The molecule has 31 heavy (non-hydrogen) atoms. The van der Waals surface area contributed by atoms with Gasteiger partial charge in [0.25, 0.3) is 0 Å². The van der Waals surface area contributed by atoms with Gasteiger partial charge in [-0.3, -0.25) is 4.79 Å². The number of anilines is 1. The Bertz CT molecular complexity index is 1030. The topological polar surface area (TPSA) is 71.0 Å². The Morgan fingerprint density at radius 3 is 2.58 bits per heavy atom. The van der Waals surface area contributed by atoms with Crippen LogP contribution in [0.5, 0.6) is 0 Å². The van der Waals surface area contributed by atoms with Gasteiger partial charge in [-0.05, 0) is 31.0 Å². The average molecular weight is 436 g/mol. The second kappa shape index (κ2) is 9.39. The smallest absolute Gasteiger partial charge is 0.338 e. The van der Waals surface area contributed by atoms with Crippen molar-refractivity contribution < 1.29 is 14.3 Å². The average Bonchev–Trinajstić information content (AvgIpc) is 2.79. The zero-order valence-corrected chi connectivity index (χ0v) is 18.4. The minimum atomic E-state index is -0.351. The van der Waals surface area contributed by atoms with E-state index in [4.69, 9.17) is 9.73 Å². The molecule has 0 aliphatic carbocycles. The van der Waals surface area contributed by atoms with Crippen molar-refractivity contribution in [2.24, 2.45) is 4.99 Å². The first-order valence-corrected chi connectivity index (χ1v) is 11.4. The summed E-state index contributed by atoms with van der Waals surface area (Å²) < 4.78 is 5.48. The number of hydrogen-bond donors (Lipinski definition) is 1. The van der Waals surface area contributed by atoms with Crippen LogP contribution >= 0.6 is 11.8 Å². The second-order valence-electron chi connectivity index (χ2n) is 7.34. The summed E-state index contributed by atoms with van der Waals surface area (Å²) in [5, 5.41) is 3.72. The number of amidine groups is 1. The Hall–Kier alpha value is -3.06. The number of carbonyl (C=O) groups excluding carboxylic acids is 2. The van der Waals surface area contributed by atoms with Crippen LogP contribution in [0.4, 0.5) is 5.69 Å². The zero-order chi connectivity index (χ0) is 21.8. The molecule has 0 spiro atoms. The molecular weight excluding hydrogens is 410 g/mol. The highest BCUT2D eigenvalue weighted by molar-refractivity contribution is 8.13. The predicted molar refractivity (Wildman–Crippen MR) is 125 cm³/mol. The number of thioether (sulfide) groups is 1. The lowest BCUT2D eigenvalue weighted by atomic mass is 9.91. The molecule has 4 rings (SSSR count). The van der Waals surface area contributed by atoms with Gasteiger partial charge in [-0.2, -0.15) is 0 Å². The molecule has 2 aromatic rings. The molecule has 0 aromatic heterocycles. The number of amides is 1. The number of hydrogen-bond acceptors (Lipinski definition) is 6. The van der Waals surface area contributed by atoms with Gasteiger partial charge >= 0.3 is 5.97 Å². The largest absolute Gasteiger partial charge is 0.463 e. The monoisotopic (exact) mass is 435 g/mol. The summed E-state index contributed by atoms with van der Waals surface area (Å²) in [4.78, 5) is 31.7. The van der Waals surface area contributed by atoms with Gasteiger partial charge in [-0.1, -0.05) is 54.2 Å². The molecule has 2 aliphatic rings. The van der Waals surface area contributed by atoms with Crippen molar-refractivity contribution in [3.8, 4) is 0 Å². The van der Waals surface area contributed by atoms with E-state index in [1.54, 1.807) is 11.8 Å². The predicted octanol–water partition coefficient (Wildman–Crippen LogP) is 4.47. The number of nitrogens with zero attached hydrogens (tertiary/aromatic N) is 2. The third-order valence-corrected chi connectivity index (χ3v) is 6.23. The molecule has 1 amide bonds. The first kappa shape index (κ1) is 21.2. The van der Waals surface area contributed by atoms with Crippen molar-refractivity contribution in [2.45, 2.75) is 26.3 Å². The zero-order valence-electron chi connectivity index (χ0n) is 17.6. The van der Waals surface area contributed by atoms with E-state index in [1.807, 2.05) is 61.5 Å². The van der Waals surface area contributed by atoms with Crippen molar-refractivity contribution in [1.82, 2.24) is 4.90 Å². The van der Waals surface area contributed by atoms with Crippen molar-refractivity contribution in [3.05, 3.63) is 71.3 Å². The fourth-order valence-corrected chi connectivity index (χ4v) is 4.86. The molecule has 160 valence electrons. The molecule has 2 heterocycles. The number of esters is 1. The van der Waals surface area contributed by atoms with Gasteiger partial charge in [-0.25, -0.2) is 9.79 Å². The lowest BCUT2D eigenvalue weighted by Gasteiger charge is -2.41. The number of fused-ring (bicyclic) bond motifs is 1. The highest BCUT2D eigenvalue weighted by Crippen LogP contribution is 2.43. The normalized spacial score (nSPS) is 18.2. The highest BCUT2D eigenvalue weighted by atomic mass is 32.2. The number of carbonyl (C=O) groups is 2. The minimum Gasteiger partial charge on any atom is -0.463 e. The van der Waals surface area contributed by atoms with E-state index in [-0.39, 0.29) is 17.9 Å². The van der Waals surface area contributed by atoms with E-state index in [9.17, 15) is 9.59 Å². The molecule has 0 saturated carbocycles. The lowest BCUT2D eigenvalue weighted by molar-refractivity contribution is -0.139. The van der Waals surface area contributed by atoms with E-state index in [2.05, 4.69) is 10.2 Å². The van der Waals surface area contributed by atoms with E-state index < -0.39 is 0 Å². The Morgan fingerprint density at radius 1 is 1.16 bits per heavy atom. The first-order valence-electron chi connectivity index (χ1n) is 10.4. The Balaban J connectivity index is 1.86. The number of ether oxygens (including phenoxy) is 1. The minimum absolute atomic E-state index is 0.120. The summed E-state index contributed by atoms with van der Waals surface area (Å²) in [5.74, 6) is 0.529. The van der Waals surface area contributed by atoms with Crippen LogP contribution in [0, 0.1) is 0 Å². The van der Waals surface area contributed by atoms with Gasteiger partial charge in [0.2, 0.25) is 5.91 Å². The molecule has 0 radical (unpaired) electrons. The van der Waals surface area contributed by atoms with E-state index in [0.717, 1.165) is 40.7 Å². The summed E-state index contributed by atoms with van der Waals surface area (Å²) in [5.41, 5.74) is 3.78. The summed E-state index contributed by atoms with van der Waals surface area (Å²) in [6.07, 6.45) is 1.01. The van der Waals surface area contributed by atoms with Gasteiger partial charge < -0.3 is 15.0 Å². The summed E-state index contributed by atoms with van der Waals surface area (Å²) >= 11 is 1.72. The van der Waals surface area contributed by atoms with Crippen LogP contribution in [0.2, 0.25) is 0 Å². The van der Waals surface area contributed by atoms with Crippen molar-refractivity contribution in [1.29, 1.82) is 0 Å². The Labute approximate surface area is 186 Å².